The van der Waals surface area contributed by atoms with Gasteiger partial charge in [-0.2, -0.15) is 0 Å². The Morgan fingerprint density at radius 2 is 1.24 bits per heavy atom. The number of carbonyl (C=O) groups excluding carboxylic acids is 1. The fraction of sp³-hybridized carbons (Fsp3) is 0.933. The second kappa shape index (κ2) is 5.09. The van der Waals surface area contributed by atoms with Crippen molar-refractivity contribution in [1.82, 2.24) is 4.90 Å². The highest BCUT2D eigenvalue weighted by Crippen LogP contribution is 2.38. The lowest BCUT2D eigenvalue weighted by atomic mass is 9.91. The van der Waals surface area contributed by atoms with Crippen LogP contribution < -0.4 is 0 Å². The quantitative estimate of drug-likeness (QED) is 0.695. The van der Waals surface area contributed by atoms with Gasteiger partial charge in [-0.15, -0.1) is 0 Å². The van der Waals surface area contributed by atoms with E-state index >= 15 is 0 Å². The van der Waals surface area contributed by atoms with Crippen LogP contribution in [-0.2, 0) is 4.79 Å². The number of Topliss-reactive ketones (excluding diaryl/α,β-unsaturated/α-hetero) is 1. The molecule has 2 atom stereocenters. The van der Waals surface area contributed by atoms with Crippen LogP contribution in [0, 0.1) is 0 Å². The van der Waals surface area contributed by atoms with Crippen molar-refractivity contribution in [3.05, 3.63) is 0 Å². The molecule has 2 heteroatoms. The van der Waals surface area contributed by atoms with Gasteiger partial charge in [0.05, 0.1) is 0 Å². The SMILES string of the molecule is O=C1CC2CCC(C1)N2C1CCCCCCC1. The first-order chi connectivity index (χ1) is 8.34. The number of ketones is 1. The molecule has 1 aliphatic carbocycles. The van der Waals surface area contributed by atoms with Crippen molar-refractivity contribution in [2.75, 3.05) is 0 Å². The zero-order chi connectivity index (χ0) is 11.7. The third kappa shape index (κ3) is 2.42. The van der Waals surface area contributed by atoms with Gasteiger partial charge in [0.15, 0.2) is 0 Å². The highest BCUT2D eigenvalue weighted by atomic mass is 16.1. The third-order valence-corrected chi connectivity index (χ3v) is 5.10. The van der Waals surface area contributed by atoms with E-state index in [1.54, 1.807) is 0 Å². The van der Waals surface area contributed by atoms with E-state index in [2.05, 4.69) is 4.90 Å². The molecule has 3 rings (SSSR count). The average Bonchev–Trinajstić information content (AvgIpc) is 2.53. The molecule has 96 valence electrons. The third-order valence-electron chi connectivity index (χ3n) is 5.10. The molecule has 17 heavy (non-hydrogen) atoms. The molecular weight excluding hydrogens is 210 g/mol. The highest BCUT2D eigenvalue weighted by molar-refractivity contribution is 5.81. The zero-order valence-corrected chi connectivity index (χ0v) is 10.9. The second-order valence-corrected chi connectivity index (χ2v) is 6.28. The first kappa shape index (κ1) is 11.7. The summed E-state index contributed by atoms with van der Waals surface area (Å²) in [4.78, 5) is 14.4. The molecule has 0 aromatic rings. The van der Waals surface area contributed by atoms with Gasteiger partial charge in [-0.25, -0.2) is 0 Å². The normalized spacial score (nSPS) is 36.8. The van der Waals surface area contributed by atoms with Gasteiger partial charge < -0.3 is 0 Å². The van der Waals surface area contributed by atoms with Crippen molar-refractivity contribution in [3.8, 4) is 0 Å². The Hall–Kier alpha value is -0.370. The monoisotopic (exact) mass is 235 g/mol. The van der Waals surface area contributed by atoms with E-state index in [1.807, 2.05) is 0 Å². The Labute approximate surface area is 105 Å². The molecule has 3 aliphatic rings. The van der Waals surface area contributed by atoms with Crippen molar-refractivity contribution >= 4 is 5.78 Å². The van der Waals surface area contributed by atoms with Crippen LogP contribution in [0.4, 0.5) is 0 Å². The molecule has 0 N–H and O–H groups in total. The molecule has 3 fully saturated rings. The first-order valence-electron chi connectivity index (χ1n) is 7.64. The Balaban J connectivity index is 1.68. The molecule has 0 spiro atoms. The minimum absolute atomic E-state index is 0.527. The van der Waals surface area contributed by atoms with Gasteiger partial charge in [0.2, 0.25) is 0 Å². The molecule has 2 aliphatic heterocycles. The number of fused-ring (bicyclic) bond motifs is 2. The van der Waals surface area contributed by atoms with E-state index < -0.39 is 0 Å². The second-order valence-electron chi connectivity index (χ2n) is 6.28. The Morgan fingerprint density at radius 1 is 0.706 bits per heavy atom. The Morgan fingerprint density at radius 3 is 1.82 bits per heavy atom. The van der Waals surface area contributed by atoms with Gasteiger partial charge in [0, 0.05) is 31.0 Å². The maximum atomic E-state index is 11.6. The lowest BCUT2D eigenvalue weighted by Gasteiger charge is -2.41. The van der Waals surface area contributed by atoms with Crippen molar-refractivity contribution in [1.29, 1.82) is 0 Å². The van der Waals surface area contributed by atoms with Crippen LogP contribution in [0.25, 0.3) is 0 Å². The van der Waals surface area contributed by atoms with Crippen molar-refractivity contribution in [2.45, 2.75) is 88.8 Å². The van der Waals surface area contributed by atoms with E-state index in [4.69, 9.17) is 0 Å². The number of nitrogens with zero attached hydrogens (tertiary/aromatic N) is 1. The van der Waals surface area contributed by atoms with E-state index in [-0.39, 0.29) is 0 Å². The summed E-state index contributed by atoms with van der Waals surface area (Å²) in [5.74, 6) is 0.527. The molecule has 0 radical (unpaired) electrons. The summed E-state index contributed by atoms with van der Waals surface area (Å²) in [5, 5.41) is 0. The molecule has 1 saturated carbocycles. The summed E-state index contributed by atoms with van der Waals surface area (Å²) in [5.41, 5.74) is 0. The topological polar surface area (TPSA) is 20.3 Å². The van der Waals surface area contributed by atoms with Gasteiger partial charge in [0.1, 0.15) is 5.78 Å². The van der Waals surface area contributed by atoms with E-state index in [1.165, 1.54) is 57.8 Å². The maximum absolute atomic E-state index is 11.6. The minimum Gasteiger partial charge on any atom is -0.300 e. The van der Waals surface area contributed by atoms with Crippen LogP contribution in [-0.4, -0.2) is 28.8 Å². The molecular formula is C15H25NO. The Bertz CT molecular complexity index is 265. The fourth-order valence-electron chi connectivity index (χ4n) is 4.33. The maximum Gasteiger partial charge on any atom is 0.136 e. The van der Waals surface area contributed by atoms with Gasteiger partial charge >= 0.3 is 0 Å². The number of rotatable bonds is 1. The lowest BCUT2D eigenvalue weighted by Crippen LogP contribution is -2.49. The van der Waals surface area contributed by atoms with Crippen LogP contribution in [0.15, 0.2) is 0 Å². The molecule has 2 unspecified atom stereocenters. The minimum atomic E-state index is 0.527. The zero-order valence-electron chi connectivity index (χ0n) is 10.9. The smallest absolute Gasteiger partial charge is 0.136 e. The van der Waals surface area contributed by atoms with Gasteiger partial charge in [-0.3, -0.25) is 9.69 Å². The number of hydrogen-bond donors (Lipinski definition) is 0. The van der Waals surface area contributed by atoms with E-state index in [0.29, 0.717) is 17.9 Å². The predicted molar refractivity (Wildman–Crippen MR) is 69.0 cm³/mol. The average molecular weight is 235 g/mol. The lowest BCUT2D eigenvalue weighted by molar-refractivity contribution is -0.124. The van der Waals surface area contributed by atoms with Crippen molar-refractivity contribution < 1.29 is 4.79 Å². The van der Waals surface area contributed by atoms with E-state index in [9.17, 15) is 4.79 Å². The van der Waals surface area contributed by atoms with Crippen LogP contribution >= 0.6 is 0 Å². The summed E-state index contributed by atoms with van der Waals surface area (Å²) < 4.78 is 0. The largest absolute Gasteiger partial charge is 0.300 e. The molecule has 2 nitrogen and oxygen atoms in total. The molecule has 0 amide bonds. The van der Waals surface area contributed by atoms with Crippen LogP contribution in [0.3, 0.4) is 0 Å². The summed E-state index contributed by atoms with van der Waals surface area (Å²) in [6.45, 7) is 0. The summed E-state index contributed by atoms with van der Waals surface area (Å²) in [6, 6.07) is 2.04. The van der Waals surface area contributed by atoms with Gasteiger partial charge in [-0.1, -0.05) is 32.1 Å². The summed E-state index contributed by atoms with van der Waals surface area (Å²) in [6.07, 6.45) is 14.2. The Kier molecular flexibility index (Phi) is 3.51. The molecule has 2 bridgehead atoms. The van der Waals surface area contributed by atoms with E-state index in [0.717, 1.165) is 18.9 Å². The van der Waals surface area contributed by atoms with Crippen LogP contribution in [0.1, 0.15) is 70.6 Å². The first-order valence-corrected chi connectivity index (χ1v) is 7.64. The summed E-state index contributed by atoms with van der Waals surface area (Å²) in [7, 11) is 0. The molecule has 2 saturated heterocycles. The molecule has 0 aromatic carbocycles. The predicted octanol–water partition coefficient (Wildman–Crippen LogP) is 3.30. The standard InChI is InChI=1S/C15H25NO/c17-15-10-13-8-9-14(11-15)16(13)12-6-4-2-1-3-5-7-12/h12-14H,1-11H2. The number of hydrogen-bond acceptors (Lipinski definition) is 2. The van der Waals surface area contributed by atoms with Gasteiger partial charge in [-0.05, 0) is 25.7 Å². The number of piperidine rings is 1. The fourth-order valence-corrected chi connectivity index (χ4v) is 4.33. The molecule has 0 aromatic heterocycles. The van der Waals surface area contributed by atoms with Crippen molar-refractivity contribution in [3.63, 3.8) is 0 Å². The van der Waals surface area contributed by atoms with Gasteiger partial charge in [0.25, 0.3) is 0 Å². The highest BCUT2D eigenvalue weighted by Gasteiger charge is 2.42. The van der Waals surface area contributed by atoms with Crippen LogP contribution in [0.5, 0.6) is 0 Å². The van der Waals surface area contributed by atoms with Crippen LogP contribution in [0.2, 0.25) is 0 Å². The van der Waals surface area contributed by atoms with Crippen molar-refractivity contribution in [2.24, 2.45) is 0 Å². The number of carbonyl (C=O) groups is 1. The summed E-state index contributed by atoms with van der Waals surface area (Å²) >= 11 is 0. The molecule has 2 heterocycles.